The van der Waals surface area contributed by atoms with Crippen molar-refractivity contribution in [1.29, 1.82) is 0 Å². The summed E-state index contributed by atoms with van der Waals surface area (Å²) < 4.78 is 38.7. The van der Waals surface area contributed by atoms with Crippen LogP contribution in [0, 0.1) is 13.8 Å². The predicted molar refractivity (Wildman–Crippen MR) is 138 cm³/mol. The second-order valence-corrected chi connectivity index (χ2v) is 10.6. The van der Waals surface area contributed by atoms with E-state index in [-0.39, 0.29) is 13.2 Å². The highest BCUT2D eigenvalue weighted by Gasteiger charge is 2.25. The number of ether oxygens (including phenoxy) is 2. The average molecular weight is 513 g/mol. The number of sulfonamides is 1. The summed E-state index contributed by atoms with van der Waals surface area (Å²) in [4.78, 5) is 17.7. The number of methoxy groups -OCH3 is 1. The van der Waals surface area contributed by atoms with Crippen LogP contribution in [0.15, 0.2) is 53.8 Å². The minimum Gasteiger partial charge on any atom is -0.497 e. The molecule has 36 heavy (non-hydrogen) atoms. The van der Waals surface area contributed by atoms with Gasteiger partial charge in [0.25, 0.3) is 0 Å². The molecule has 0 radical (unpaired) electrons. The molecule has 11 heteroatoms. The lowest BCUT2D eigenvalue weighted by atomic mass is 10.1. The molecular weight excluding hydrogens is 480 g/mol. The second kappa shape index (κ2) is 11.1. The predicted octanol–water partition coefficient (Wildman–Crippen LogP) is 2.52. The maximum absolute atomic E-state index is 13.2. The van der Waals surface area contributed by atoms with Gasteiger partial charge in [-0.05, 0) is 49.2 Å². The van der Waals surface area contributed by atoms with E-state index in [0.29, 0.717) is 33.6 Å². The van der Waals surface area contributed by atoms with E-state index in [0.717, 1.165) is 31.9 Å². The largest absolute Gasteiger partial charge is 0.497 e. The van der Waals surface area contributed by atoms with Crippen LogP contribution in [0.5, 0.6) is 11.6 Å². The van der Waals surface area contributed by atoms with E-state index in [9.17, 15) is 8.42 Å². The molecule has 3 heterocycles. The van der Waals surface area contributed by atoms with Crippen LogP contribution in [-0.4, -0.2) is 81.2 Å². The quantitative estimate of drug-likeness (QED) is 0.428. The maximum Gasteiger partial charge on any atom is 0.243 e. The van der Waals surface area contributed by atoms with E-state index in [2.05, 4.69) is 24.8 Å². The third kappa shape index (κ3) is 5.68. The van der Waals surface area contributed by atoms with Gasteiger partial charge in [-0.25, -0.2) is 13.4 Å². The van der Waals surface area contributed by atoms with Crippen molar-refractivity contribution in [3.05, 3.63) is 60.0 Å². The summed E-state index contributed by atoms with van der Waals surface area (Å²) in [6.07, 6.45) is 5.26. The monoisotopic (exact) mass is 512 g/mol. The molecule has 1 aliphatic heterocycles. The molecule has 4 rings (SSSR count). The lowest BCUT2D eigenvalue weighted by Gasteiger charge is -2.36. The van der Waals surface area contributed by atoms with Gasteiger partial charge in [0.2, 0.25) is 21.9 Å². The Morgan fingerprint density at radius 2 is 1.61 bits per heavy atom. The van der Waals surface area contributed by atoms with Crippen molar-refractivity contribution >= 4 is 21.7 Å². The number of benzene rings is 1. The Morgan fingerprint density at radius 3 is 2.25 bits per heavy atom. The van der Waals surface area contributed by atoms with Crippen LogP contribution >= 0.6 is 0 Å². The number of nitrogens with zero attached hydrogens (tertiary/aromatic N) is 6. The first-order valence-electron chi connectivity index (χ1n) is 11.8. The standard InChI is InChI=1S/C25H32N6O4S/c1-19-17-22(34-4)18-20(2)24(19)36(32,33)29(3)15-16-35-23-7-10-27-25(28-23)31-13-11-30(12-14-31)21-5-8-26-9-6-21/h5-10,17-18H,11-16H2,1-4H3. The number of hydrogen-bond donors (Lipinski definition) is 0. The summed E-state index contributed by atoms with van der Waals surface area (Å²) in [6, 6.07) is 9.15. The van der Waals surface area contributed by atoms with Gasteiger partial charge in [0.1, 0.15) is 12.4 Å². The van der Waals surface area contributed by atoms with Gasteiger partial charge in [0, 0.05) is 70.1 Å². The molecule has 0 unspecified atom stereocenters. The highest BCUT2D eigenvalue weighted by atomic mass is 32.2. The van der Waals surface area contributed by atoms with Crippen molar-refractivity contribution in [3.63, 3.8) is 0 Å². The Labute approximate surface area is 212 Å². The van der Waals surface area contributed by atoms with Crippen LogP contribution in [0.25, 0.3) is 0 Å². The Morgan fingerprint density at radius 1 is 0.972 bits per heavy atom. The Balaban J connectivity index is 1.34. The van der Waals surface area contributed by atoms with Crippen molar-refractivity contribution in [2.24, 2.45) is 0 Å². The van der Waals surface area contributed by atoms with Crippen molar-refractivity contribution in [1.82, 2.24) is 19.3 Å². The summed E-state index contributed by atoms with van der Waals surface area (Å²) >= 11 is 0. The number of rotatable bonds is 9. The molecule has 0 aliphatic carbocycles. The van der Waals surface area contributed by atoms with Crippen molar-refractivity contribution in [2.45, 2.75) is 18.7 Å². The Hall–Kier alpha value is -3.44. The van der Waals surface area contributed by atoms with E-state index in [1.807, 2.05) is 12.1 Å². The van der Waals surface area contributed by atoms with Crippen LogP contribution in [0.3, 0.4) is 0 Å². The van der Waals surface area contributed by atoms with Crippen LogP contribution in [0.4, 0.5) is 11.6 Å². The molecule has 0 N–H and O–H groups in total. The van der Waals surface area contributed by atoms with E-state index in [1.54, 1.807) is 64.8 Å². The molecular formula is C25H32N6O4S. The molecule has 0 saturated carbocycles. The van der Waals surface area contributed by atoms with Crippen LogP contribution in [-0.2, 0) is 10.0 Å². The van der Waals surface area contributed by atoms with Crippen LogP contribution < -0.4 is 19.3 Å². The minimum absolute atomic E-state index is 0.163. The molecule has 2 aromatic heterocycles. The van der Waals surface area contributed by atoms with E-state index < -0.39 is 10.0 Å². The number of anilines is 2. The second-order valence-electron chi connectivity index (χ2n) is 8.64. The third-order valence-electron chi connectivity index (χ3n) is 6.20. The molecule has 1 fully saturated rings. The van der Waals surface area contributed by atoms with Gasteiger partial charge >= 0.3 is 0 Å². The molecule has 0 spiro atoms. The number of aryl methyl sites for hydroxylation is 2. The molecule has 1 aliphatic rings. The SMILES string of the molecule is COc1cc(C)c(S(=O)(=O)N(C)CCOc2ccnc(N3CCN(c4ccncc4)CC3)n2)c(C)c1. The van der Waals surface area contributed by atoms with Gasteiger partial charge < -0.3 is 19.3 Å². The fourth-order valence-electron chi connectivity index (χ4n) is 4.27. The molecule has 1 aromatic carbocycles. The number of pyridine rings is 1. The fraction of sp³-hybridized carbons (Fsp3) is 0.400. The average Bonchev–Trinajstić information content (AvgIpc) is 2.88. The van der Waals surface area contributed by atoms with Crippen LogP contribution in [0.2, 0.25) is 0 Å². The number of likely N-dealkylation sites (N-methyl/N-ethyl adjacent to an activating group) is 1. The van der Waals surface area contributed by atoms with Crippen molar-refractivity contribution in [3.8, 4) is 11.6 Å². The fourth-order valence-corrected chi connectivity index (χ4v) is 5.83. The maximum atomic E-state index is 13.2. The minimum atomic E-state index is -3.68. The van der Waals surface area contributed by atoms with Crippen molar-refractivity contribution < 1.29 is 17.9 Å². The van der Waals surface area contributed by atoms with E-state index in [4.69, 9.17) is 9.47 Å². The third-order valence-corrected chi connectivity index (χ3v) is 8.36. The zero-order valence-electron chi connectivity index (χ0n) is 21.1. The number of piperazine rings is 1. The first-order valence-corrected chi connectivity index (χ1v) is 13.2. The van der Waals surface area contributed by atoms with Gasteiger partial charge in [0.05, 0.1) is 12.0 Å². The Kier molecular flexibility index (Phi) is 7.90. The smallest absolute Gasteiger partial charge is 0.243 e. The zero-order valence-corrected chi connectivity index (χ0v) is 21.9. The molecule has 0 atom stereocenters. The highest BCUT2D eigenvalue weighted by Crippen LogP contribution is 2.27. The van der Waals surface area contributed by atoms with Crippen molar-refractivity contribution in [2.75, 3.05) is 63.3 Å². The number of hydrogen-bond acceptors (Lipinski definition) is 9. The van der Waals surface area contributed by atoms with E-state index in [1.165, 1.54) is 4.31 Å². The molecule has 0 amide bonds. The summed E-state index contributed by atoms with van der Waals surface area (Å²) in [7, 11) is -0.571. The van der Waals surface area contributed by atoms with Gasteiger partial charge in [-0.2, -0.15) is 9.29 Å². The first-order chi connectivity index (χ1) is 17.3. The van der Waals surface area contributed by atoms with Gasteiger partial charge in [-0.1, -0.05) is 0 Å². The summed E-state index contributed by atoms with van der Waals surface area (Å²) in [6.45, 7) is 7.16. The summed E-state index contributed by atoms with van der Waals surface area (Å²) in [5.41, 5.74) is 2.44. The normalized spacial score (nSPS) is 14.2. The molecule has 1 saturated heterocycles. The lowest BCUT2D eigenvalue weighted by Crippen LogP contribution is -2.47. The van der Waals surface area contributed by atoms with Gasteiger partial charge in [-0.3, -0.25) is 4.98 Å². The molecule has 192 valence electrons. The van der Waals surface area contributed by atoms with E-state index >= 15 is 0 Å². The summed E-state index contributed by atoms with van der Waals surface area (Å²) in [5.74, 6) is 1.65. The summed E-state index contributed by atoms with van der Waals surface area (Å²) in [5, 5.41) is 0. The van der Waals surface area contributed by atoms with Gasteiger partial charge in [0.15, 0.2) is 0 Å². The van der Waals surface area contributed by atoms with Gasteiger partial charge in [-0.15, -0.1) is 0 Å². The molecule has 10 nitrogen and oxygen atoms in total. The Bertz CT molecular complexity index is 1260. The molecule has 0 bridgehead atoms. The highest BCUT2D eigenvalue weighted by molar-refractivity contribution is 7.89. The zero-order chi connectivity index (χ0) is 25.7. The lowest BCUT2D eigenvalue weighted by molar-refractivity contribution is 0.277. The topological polar surface area (TPSA) is 101 Å². The first kappa shape index (κ1) is 25.6. The van der Waals surface area contributed by atoms with Crippen LogP contribution in [0.1, 0.15) is 11.1 Å². The number of aromatic nitrogens is 3. The molecule has 3 aromatic rings.